The molecule has 0 spiro atoms. The number of nitrogens with zero attached hydrogens (tertiary/aromatic N) is 1. The van der Waals surface area contributed by atoms with Crippen molar-refractivity contribution in [2.45, 2.75) is 6.42 Å². The van der Waals surface area contributed by atoms with Crippen LogP contribution in [0, 0.1) is 22.0 Å². The van der Waals surface area contributed by atoms with Gasteiger partial charge in [0.2, 0.25) is 0 Å². The number of ether oxygens (including phenoxy) is 1. The number of Topliss-reactive ketones (excluding diaryl/α,β-unsaturated/α-hetero) is 1. The lowest BCUT2D eigenvalue weighted by molar-refractivity contribution is -0.385. The molecule has 122 valence electrons. The Morgan fingerprint density at radius 2 is 1.79 bits per heavy atom. The van der Waals surface area contributed by atoms with Crippen molar-refractivity contribution in [2.24, 2.45) is 11.8 Å². The Morgan fingerprint density at radius 1 is 1.12 bits per heavy atom. The minimum Gasteiger partial charge on any atom is -0.465 e. The second kappa shape index (κ2) is 6.62. The van der Waals surface area contributed by atoms with Crippen LogP contribution in [0.25, 0.3) is 0 Å². The molecule has 6 heteroatoms. The number of ketones is 1. The molecule has 0 bridgehead atoms. The Balaban J connectivity index is 1.87. The number of nitro benzene ring substituents is 1. The van der Waals surface area contributed by atoms with Crippen LogP contribution in [-0.2, 0) is 16.0 Å². The maximum atomic E-state index is 12.6. The summed E-state index contributed by atoms with van der Waals surface area (Å²) in [4.78, 5) is 35.4. The number of cyclic esters (lactones) is 1. The van der Waals surface area contributed by atoms with Crippen molar-refractivity contribution < 1.29 is 19.2 Å². The number of esters is 1. The first-order valence-corrected chi connectivity index (χ1v) is 7.56. The molecule has 2 atom stereocenters. The third-order valence-electron chi connectivity index (χ3n) is 4.18. The number of carbonyl (C=O) groups is 2. The first kappa shape index (κ1) is 15.9. The van der Waals surface area contributed by atoms with E-state index in [2.05, 4.69) is 0 Å². The highest BCUT2D eigenvalue weighted by Gasteiger charge is 2.43. The molecule has 2 aromatic rings. The van der Waals surface area contributed by atoms with E-state index in [0.717, 1.165) is 0 Å². The monoisotopic (exact) mass is 325 g/mol. The molecule has 1 aliphatic heterocycles. The van der Waals surface area contributed by atoms with Gasteiger partial charge in [0.25, 0.3) is 5.69 Å². The molecule has 0 aromatic heterocycles. The summed E-state index contributed by atoms with van der Waals surface area (Å²) in [6.07, 6.45) is 0.242. The number of hydrogen-bond donors (Lipinski definition) is 0. The van der Waals surface area contributed by atoms with Gasteiger partial charge in [-0.1, -0.05) is 48.5 Å². The van der Waals surface area contributed by atoms with Gasteiger partial charge >= 0.3 is 5.97 Å². The lowest BCUT2D eigenvalue weighted by Gasteiger charge is -2.14. The summed E-state index contributed by atoms with van der Waals surface area (Å²) >= 11 is 0. The summed E-state index contributed by atoms with van der Waals surface area (Å²) in [5.41, 5.74) is 0.924. The van der Waals surface area contributed by atoms with Crippen LogP contribution >= 0.6 is 0 Å². The van der Waals surface area contributed by atoms with E-state index in [0.29, 0.717) is 11.1 Å². The molecule has 3 rings (SSSR count). The van der Waals surface area contributed by atoms with Crippen LogP contribution in [0.5, 0.6) is 0 Å². The fraction of sp³-hybridized carbons (Fsp3) is 0.222. The van der Waals surface area contributed by atoms with Crippen molar-refractivity contribution in [1.29, 1.82) is 0 Å². The van der Waals surface area contributed by atoms with Crippen molar-refractivity contribution >= 4 is 17.4 Å². The molecular weight excluding hydrogens is 310 g/mol. The fourth-order valence-corrected chi connectivity index (χ4v) is 2.99. The number of carbonyl (C=O) groups excluding carboxylic acids is 2. The maximum Gasteiger partial charge on any atom is 0.317 e. The Hall–Kier alpha value is -3.02. The average molecular weight is 325 g/mol. The Bertz CT molecular complexity index is 787. The lowest BCUT2D eigenvalue weighted by atomic mass is 9.84. The predicted molar refractivity (Wildman–Crippen MR) is 85.5 cm³/mol. The van der Waals surface area contributed by atoms with Crippen LogP contribution in [0.4, 0.5) is 5.69 Å². The molecular formula is C18H15NO5. The quantitative estimate of drug-likeness (QED) is 0.277. The molecule has 0 aliphatic carbocycles. The first-order chi connectivity index (χ1) is 11.6. The fourth-order valence-electron chi connectivity index (χ4n) is 2.99. The molecule has 1 aliphatic rings. The second-order valence-corrected chi connectivity index (χ2v) is 5.69. The van der Waals surface area contributed by atoms with Gasteiger partial charge in [-0.25, -0.2) is 0 Å². The second-order valence-electron chi connectivity index (χ2n) is 5.69. The molecule has 1 saturated heterocycles. The van der Waals surface area contributed by atoms with Gasteiger partial charge in [-0.3, -0.25) is 19.7 Å². The van der Waals surface area contributed by atoms with Crippen molar-refractivity contribution in [3.05, 3.63) is 75.8 Å². The van der Waals surface area contributed by atoms with E-state index in [1.807, 2.05) is 0 Å². The van der Waals surface area contributed by atoms with Gasteiger partial charge in [0, 0.05) is 23.1 Å². The largest absolute Gasteiger partial charge is 0.465 e. The Kier molecular flexibility index (Phi) is 4.37. The van der Waals surface area contributed by atoms with Gasteiger partial charge in [0.15, 0.2) is 5.78 Å². The third-order valence-corrected chi connectivity index (χ3v) is 4.18. The molecule has 0 N–H and O–H groups in total. The summed E-state index contributed by atoms with van der Waals surface area (Å²) < 4.78 is 5.06. The van der Waals surface area contributed by atoms with E-state index < -0.39 is 22.7 Å². The zero-order valence-corrected chi connectivity index (χ0v) is 12.8. The summed E-state index contributed by atoms with van der Waals surface area (Å²) in [5, 5.41) is 11.1. The Morgan fingerprint density at radius 3 is 2.50 bits per heavy atom. The van der Waals surface area contributed by atoms with Gasteiger partial charge in [0.1, 0.15) is 5.92 Å². The summed E-state index contributed by atoms with van der Waals surface area (Å²) in [5.74, 6) is -2.20. The molecule has 6 nitrogen and oxygen atoms in total. The Labute approximate surface area is 138 Å². The number of nitro groups is 1. The lowest BCUT2D eigenvalue weighted by Crippen LogP contribution is -2.27. The molecule has 2 aromatic carbocycles. The molecule has 1 heterocycles. The minimum atomic E-state index is -0.924. The van der Waals surface area contributed by atoms with E-state index in [-0.39, 0.29) is 24.5 Å². The number of rotatable bonds is 5. The van der Waals surface area contributed by atoms with Crippen LogP contribution < -0.4 is 0 Å². The van der Waals surface area contributed by atoms with Crippen molar-refractivity contribution in [1.82, 2.24) is 0 Å². The summed E-state index contributed by atoms with van der Waals surface area (Å²) in [6, 6.07) is 14.9. The smallest absolute Gasteiger partial charge is 0.317 e. The standard InChI is InChI=1S/C18H15NO5/c20-17(12-6-2-1-3-7-12)16-14(11-24-18(16)21)10-13-8-4-5-9-15(13)19(22)23/h1-9,14,16H,10-11H2/t14-,16-/m1/s1. The third kappa shape index (κ3) is 3.03. The van der Waals surface area contributed by atoms with Crippen LogP contribution in [0.3, 0.4) is 0 Å². The van der Waals surface area contributed by atoms with Gasteiger partial charge in [0.05, 0.1) is 11.5 Å². The number of hydrogen-bond acceptors (Lipinski definition) is 5. The first-order valence-electron chi connectivity index (χ1n) is 7.56. The highest BCUT2D eigenvalue weighted by Crippen LogP contribution is 2.31. The van der Waals surface area contributed by atoms with Gasteiger partial charge in [-0.05, 0) is 6.42 Å². The average Bonchev–Trinajstić information content (AvgIpc) is 2.95. The molecule has 1 fully saturated rings. The van der Waals surface area contributed by atoms with Crippen LogP contribution in [0.1, 0.15) is 15.9 Å². The van der Waals surface area contributed by atoms with Gasteiger partial charge < -0.3 is 4.74 Å². The van der Waals surface area contributed by atoms with Crippen LogP contribution in [0.15, 0.2) is 54.6 Å². The summed E-state index contributed by atoms with van der Waals surface area (Å²) in [7, 11) is 0. The molecule has 0 amide bonds. The van der Waals surface area contributed by atoms with Crippen LogP contribution in [0.2, 0.25) is 0 Å². The van der Waals surface area contributed by atoms with E-state index in [1.165, 1.54) is 6.07 Å². The summed E-state index contributed by atoms with van der Waals surface area (Å²) in [6.45, 7) is 0.0914. The maximum absolute atomic E-state index is 12.6. The zero-order valence-electron chi connectivity index (χ0n) is 12.8. The molecule has 0 saturated carbocycles. The molecule has 24 heavy (non-hydrogen) atoms. The molecule has 0 unspecified atom stereocenters. The SMILES string of the molecule is O=C1OC[C@@H](Cc2ccccc2[N+](=O)[O-])[C@@H]1C(=O)c1ccccc1. The highest BCUT2D eigenvalue weighted by molar-refractivity contribution is 6.09. The van der Waals surface area contributed by atoms with Crippen molar-refractivity contribution in [2.75, 3.05) is 6.61 Å². The van der Waals surface area contributed by atoms with E-state index >= 15 is 0 Å². The van der Waals surface area contributed by atoms with Crippen molar-refractivity contribution in [3.63, 3.8) is 0 Å². The van der Waals surface area contributed by atoms with Gasteiger partial charge in [-0.2, -0.15) is 0 Å². The predicted octanol–water partition coefficient (Wildman–Crippen LogP) is 2.81. The highest BCUT2D eigenvalue weighted by atomic mass is 16.6. The van der Waals surface area contributed by atoms with E-state index in [1.54, 1.807) is 48.5 Å². The number of benzene rings is 2. The van der Waals surface area contributed by atoms with Crippen LogP contribution in [-0.4, -0.2) is 23.3 Å². The van der Waals surface area contributed by atoms with Gasteiger partial charge in [-0.15, -0.1) is 0 Å². The normalized spacial score (nSPS) is 19.8. The zero-order chi connectivity index (χ0) is 17.1. The van der Waals surface area contributed by atoms with E-state index in [4.69, 9.17) is 4.74 Å². The molecule has 0 radical (unpaired) electrons. The van der Waals surface area contributed by atoms with Crippen molar-refractivity contribution in [3.8, 4) is 0 Å². The number of para-hydroxylation sites is 1. The topological polar surface area (TPSA) is 86.5 Å². The van der Waals surface area contributed by atoms with E-state index in [9.17, 15) is 19.7 Å². The minimum absolute atomic E-state index is 0.0113.